The van der Waals surface area contributed by atoms with Crippen LogP contribution < -0.4 is 10.2 Å². The van der Waals surface area contributed by atoms with Crippen molar-refractivity contribution in [2.75, 3.05) is 10.2 Å². The Labute approximate surface area is 194 Å². The smallest absolute Gasteiger partial charge is 0.283 e. The van der Waals surface area contributed by atoms with Crippen molar-refractivity contribution in [3.63, 3.8) is 0 Å². The van der Waals surface area contributed by atoms with E-state index in [0.717, 1.165) is 20.9 Å². The van der Waals surface area contributed by atoms with E-state index >= 15 is 0 Å². The molecule has 0 bridgehead atoms. The van der Waals surface area contributed by atoms with Crippen LogP contribution in [0.4, 0.5) is 11.4 Å². The van der Waals surface area contributed by atoms with Crippen LogP contribution in [0, 0.1) is 13.8 Å². The average Bonchev–Trinajstić information content (AvgIpc) is 2.97. The number of carbonyl (C=O) groups excluding carboxylic acids is 2. The summed E-state index contributed by atoms with van der Waals surface area (Å²) in [6.45, 7) is 3.86. The number of imide groups is 1. The molecule has 4 nitrogen and oxygen atoms in total. The van der Waals surface area contributed by atoms with Crippen LogP contribution in [-0.2, 0) is 9.59 Å². The highest BCUT2D eigenvalue weighted by atomic mass is 35.5. The monoisotopic (exact) mass is 468 g/mol. The van der Waals surface area contributed by atoms with Crippen LogP contribution in [0.2, 0.25) is 10.0 Å². The van der Waals surface area contributed by atoms with Gasteiger partial charge in [0, 0.05) is 20.6 Å². The van der Waals surface area contributed by atoms with Crippen molar-refractivity contribution in [1.82, 2.24) is 0 Å². The van der Waals surface area contributed by atoms with Crippen molar-refractivity contribution >= 4 is 58.2 Å². The van der Waals surface area contributed by atoms with Gasteiger partial charge in [-0.25, -0.2) is 4.90 Å². The van der Waals surface area contributed by atoms with E-state index in [2.05, 4.69) is 5.32 Å². The van der Waals surface area contributed by atoms with Gasteiger partial charge in [-0.3, -0.25) is 9.59 Å². The van der Waals surface area contributed by atoms with Crippen molar-refractivity contribution in [2.24, 2.45) is 0 Å². The highest BCUT2D eigenvalue weighted by Gasteiger charge is 2.40. The first-order valence-corrected chi connectivity index (χ1v) is 11.1. The Morgan fingerprint density at radius 3 is 2.16 bits per heavy atom. The van der Waals surface area contributed by atoms with E-state index in [9.17, 15) is 9.59 Å². The third kappa shape index (κ3) is 4.49. The highest BCUT2D eigenvalue weighted by Crippen LogP contribution is 2.38. The molecule has 3 aromatic carbocycles. The number of amides is 2. The number of hydrogen-bond acceptors (Lipinski definition) is 4. The van der Waals surface area contributed by atoms with Gasteiger partial charge in [-0.2, -0.15) is 0 Å². The van der Waals surface area contributed by atoms with Gasteiger partial charge >= 0.3 is 0 Å². The Balaban J connectivity index is 1.74. The molecule has 0 unspecified atom stereocenters. The molecule has 0 fully saturated rings. The number of hydrogen-bond donors (Lipinski definition) is 1. The largest absolute Gasteiger partial charge is 0.350 e. The maximum Gasteiger partial charge on any atom is 0.283 e. The summed E-state index contributed by atoms with van der Waals surface area (Å²) in [6.07, 6.45) is 0. The number of carbonyl (C=O) groups is 2. The van der Waals surface area contributed by atoms with Crippen LogP contribution in [0.5, 0.6) is 0 Å². The molecule has 1 heterocycles. The third-order valence-corrected chi connectivity index (χ3v) is 6.56. The summed E-state index contributed by atoms with van der Waals surface area (Å²) < 4.78 is 0. The number of rotatable bonds is 5. The second kappa shape index (κ2) is 8.79. The summed E-state index contributed by atoms with van der Waals surface area (Å²) in [4.78, 5) is 29.0. The number of nitrogens with zero attached hydrogens (tertiary/aromatic N) is 1. The van der Waals surface area contributed by atoms with Gasteiger partial charge in [-0.05, 0) is 67.9 Å². The first-order chi connectivity index (χ1) is 14.8. The first-order valence-electron chi connectivity index (χ1n) is 9.50. The fourth-order valence-electron chi connectivity index (χ4n) is 3.07. The topological polar surface area (TPSA) is 49.4 Å². The molecule has 4 rings (SSSR count). The van der Waals surface area contributed by atoms with Gasteiger partial charge < -0.3 is 5.32 Å². The molecule has 31 heavy (non-hydrogen) atoms. The minimum absolute atomic E-state index is 0.217. The van der Waals surface area contributed by atoms with Crippen LogP contribution in [0.25, 0.3) is 0 Å². The molecule has 0 aromatic heterocycles. The molecule has 0 spiro atoms. The zero-order chi connectivity index (χ0) is 22.1. The summed E-state index contributed by atoms with van der Waals surface area (Å²) in [5.41, 5.74) is 3.29. The fourth-order valence-corrected chi connectivity index (χ4v) is 4.30. The van der Waals surface area contributed by atoms with E-state index in [1.165, 1.54) is 11.8 Å². The van der Waals surface area contributed by atoms with Crippen LogP contribution in [-0.4, -0.2) is 11.8 Å². The minimum atomic E-state index is -0.436. The van der Waals surface area contributed by atoms with Gasteiger partial charge in [0.1, 0.15) is 10.6 Å². The van der Waals surface area contributed by atoms with Gasteiger partial charge in [0.15, 0.2) is 0 Å². The fraction of sp³-hybridized carbons (Fsp3) is 0.0833. The number of nitrogens with one attached hydrogen (secondary N) is 1. The molecule has 0 atom stereocenters. The van der Waals surface area contributed by atoms with E-state index in [1.54, 1.807) is 42.5 Å². The van der Waals surface area contributed by atoms with Crippen molar-refractivity contribution < 1.29 is 9.59 Å². The van der Waals surface area contributed by atoms with Crippen molar-refractivity contribution in [3.05, 3.63) is 98.5 Å². The molecule has 7 heteroatoms. The number of halogens is 2. The molecule has 2 amide bonds. The lowest BCUT2D eigenvalue weighted by atomic mass is 10.2. The molecule has 0 radical (unpaired) electrons. The molecular weight excluding hydrogens is 451 g/mol. The maximum absolute atomic E-state index is 13.4. The summed E-state index contributed by atoms with van der Waals surface area (Å²) in [6, 6.07) is 19.9. The number of aryl methyl sites for hydroxylation is 2. The van der Waals surface area contributed by atoms with Crippen LogP contribution >= 0.6 is 35.0 Å². The summed E-state index contributed by atoms with van der Waals surface area (Å²) in [5.74, 6) is -0.832. The first kappa shape index (κ1) is 21.5. The van der Waals surface area contributed by atoms with Crippen molar-refractivity contribution in [1.29, 1.82) is 0 Å². The molecule has 1 N–H and O–H groups in total. The van der Waals surface area contributed by atoms with Gasteiger partial charge in [0.05, 0.1) is 5.69 Å². The lowest BCUT2D eigenvalue weighted by molar-refractivity contribution is -0.120. The van der Waals surface area contributed by atoms with Crippen LogP contribution in [0.1, 0.15) is 11.1 Å². The highest BCUT2D eigenvalue weighted by molar-refractivity contribution is 8.04. The Morgan fingerprint density at radius 2 is 1.52 bits per heavy atom. The molecule has 1 aliphatic rings. The van der Waals surface area contributed by atoms with Crippen molar-refractivity contribution in [2.45, 2.75) is 18.7 Å². The maximum atomic E-state index is 13.4. The lowest BCUT2D eigenvalue weighted by Crippen LogP contribution is -2.32. The van der Waals surface area contributed by atoms with Gasteiger partial charge in [-0.1, -0.05) is 58.7 Å². The molecule has 0 aliphatic carbocycles. The Bertz CT molecular complexity index is 1140. The summed E-state index contributed by atoms with van der Waals surface area (Å²) in [5, 5.41) is 4.18. The quantitative estimate of drug-likeness (QED) is 0.428. The Kier molecular flexibility index (Phi) is 6.10. The van der Waals surface area contributed by atoms with Crippen molar-refractivity contribution in [3.8, 4) is 0 Å². The standard InChI is InChI=1S/C24H18Cl2N2O2S/c1-14-3-11-19(12-4-14)31-22-21(27-17-8-6-16(25)7-9-17)23(29)28(24(22)30)18-10-5-15(2)20(26)13-18/h3-13,27H,1-2H3. The normalized spacial score (nSPS) is 13.9. The predicted octanol–water partition coefficient (Wildman–Crippen LogP) is 6.60. The van der Waals surface area contributed by atoms with Gasteiger partial charge in [0.2, 0.25) is 0 Å². The number of anilines is 2. The number of benzene rings is 3. The Hall–Kier alpha value is -2.73. The van der Waals surface area contributed by atoms with E-state index in [-0.39, 0.29) is 5.70 Å². The zero-order valence-electron chi connectivity index (χ0n) is 16.8. The zero-order valence-corrected chi connectivity index (χ0v) is 19.1. The molecule has 0 saturated carbocycles. The summed E-state index contributed by atoms with van der Waals surface area (Å²) in [7, 11) is 0. The van der Waals surface area contributed by atoms with E-state index in [0.29, 0.717) is 26.3 Å². The number of thioether (sulfide) groups is 1. The minimum Gasteiger partial charge on any atom is -0.350 e. The second-order valence-electron chi connectivity index (χ2n) is 7.13. The van der Waals surface area contributed by atoms with E-state index in [1.807, 2.05) is 38.1 Å². The molecule has 3 aromatic rings. The lowest BCUT2D eigenvalue weighted by Gasteiger charge is -2.16. The molecule has 0 saturated heterocycles. The van der Waals surface area contributed by atoms with Gasteiger partial charge in [-0.15, -0.1) is 0 Å². The molecular formula is C24H18Cl2N2O2S. The van der Waals surface area contributed by atoms with E-state index in [4.69, 9.17) is 23.2 Å². The van der Waals surface area contributed by atoms with Crippen LogP contribution in [0.3, 0.4) is 0 Å². The van der Waals surface area contributed by atoms with E-state index < -0.39 is 11.8 Å². The third-order valence-electron chi connectivity index (χ3n) is 4.81. The van der Waals surface area contributed by atoms with Crippen LogP contribution in [0.15, 0.2) is 82.2 Å². The second-order valence-corrected chi connectivity index (χ2v) is 9.06. The summed E-state index contributed by atoms with van der Waals surface area (Å²) >= 11 is 13.5. The van der Waals surface area contributed by atoms with Gasteiger partial charge in [0.25, 0.3) is 11.8 Å². The average molecular weight is 469 g/mol. The SMILES string of the molecule is Cc1ccc(SC2=C(Nc3ccc(Cl)cc3)C(=O)N(c3ccc(C)c(Cl)c3)C2=O)cc1. The molecule has 156 valence electrons. The predicted molar refractivity (Wildman–Crippen MR) is 128 cm³/mol. The molecule has 1 aliphatic heterocycles. The Morgan fingerprint density at radius 1 is 0.839 bits per heavy atom.